The van der Waals surface area contributed by atoms with Gasteiger partial charge in [0.25, 0.3) is 0 Å². The lowest BCUT2D eigenvalue weighted by Crippen LogP contribution is -1.82. The number of rotatable bonds is 2. The van der Waals surface area contributed by atoms with E-state index in [4.69, 9.17) is 0 Å². The number of hydrogen-bond acceptors (Lipinski definition) is 1. The Morgan fingerprint density at radius 3 is 1.45 bits per heavy atom. The molecular formula is C21H13O. The Morgan fingerprint density at radius 1 is 0.500 bits per heavy atom. The van der Waals surface area contributed by atoms with Gasteiger partial charge in [-0.2, -0.15) is 0 Å². The summed E-state index contributed by atoms with van der Waals surface area (Å²) in [6.45, 7) is 0. The van der Waals surface area contributed by atoms with E-state index in [0.29, 0.717) is 5.56 Å². The minimum atomic E-state index is 0.564. The summed E-state index contributed by atoms with van der Waals surface area (Å²) in [4.78, 5) is 10.5. The van der Waals surface area contributed by atoms with E-state index < -0.39 is 0 Å². The monoisotopic (exact) mass is 281 g/mol. The normalized spacial score (nSPS) is 9.64. The van der Waals surface area contributed by atoms with Crippen molar-refractivity contribution in [1.29, 1.82) is 0 Å². The van der Waals surface area contributed by atoms with Crippen LogP contribution in [0.15, 0.2) is 78.9 Å². The highest BCUT2D eigenvalue weighted by molar-refractivity contribution is 5.77. The zero-order chi connectivity index (χ0) is 15.2. The van der Waals surface area contributed by atoms with E-state index in [1.807, 2.05) is 73.0 Å². The number of hydrogen-bond donors (Lipinski definition) is 0. The van der Waals surface area contributed by atoms with Crippen LogP contribution in [0.5, 0.6) is 0 Å². The highest BCUT2D eigenvalue weighted by atomic mass is 16.1. The molecule has 0 spiro atoms. The molecule has 103 valence electrons. The Morgan fingerprint density at radius 2 is 0.955 bits per heavy atom. The molecule has 0 unspecified atom stereocenters. The van der Waals surface area contributed by atoms with Gasteiger partial charge in [-0.25, -0.2) is 0 Å². The molecule has 3 aromatic rings. The zero-order valence-corrected chi connectivity index (χ0v) is 11.9. The quantitative estimate of drug-likeness (QED) is 0.643. The molecule has 1 radical (unpaired) electrons. The van der Waals surface area contributed by atoms with Gasteiger partial charge >= 0.3 is 0 Å². The van der Waals surface area contributed by atoms with Crippen LogP contribution in [-0.2, 0) is 4.79 Å². The molecule has 1 nitrogen and oxygen atoms in total. The molecule has 0 atom stereocenters. The fourth-order valence-electron chi connectivity index (χ4n) is 2.14. The third kappa shape index (κ3) is 3.31. The van der Waals surface area contributed by atoms with Crippen molar-refractivity contribution in [3.63, 3.8) is 0 Å². The molecule has 0 saturated carbocycles. The summed E-state index contributed by atoms with van der Waals surface area (Å²) in [5, 5.41) is 0. The predicted octanol–water partition coefficient (Wildman–Crippen LogP) is 4.21. The highest BCUT2D eigenvalue weighted by Gasteiger charge is 1.98. The zero-order valence-electron chi connectivity index (χ0n) is 11.9. The van der Waals surface area contributed by atoms with E-state index in [1.165, 1.54) is 0 Å². The molecule has 22 heavy (non-hydrogen) atoms. The van der Waals surface area contributed by atoms with Crippen LogP contribution in [0.25, 0.3) is 11.1 Å². The van der Waals surface area contributed by atoms with E-state index in [9.17, 15) is 4.79 Å². The lowest BCUT2D eigenvalue weighted by atomic mass is 10.0. The van der Waals surface area contributed by atoms with Gasteiger partial charge in [0.15, 0.2) is 0 Å². The average molecular weight is 281 g/mol. The highest BCUT2D eigenvalue weighted by Crippen LogP contribution is 2.19. The smallest absolute Gasteiger partial charge is 0.233 e. The lowest BCUT2D eigenvalue weighted by molar-refractivity contribution is 0.563. The Hall–Kier alpha value is -3.11. The maximum Gasteiger partial charge on any atom is 0.233 e. The van der Waals surface area contributed by atoms with Crippen molar-refractivity contribution in [2.75, 3.05) is 0 Å². The van der Waals surface area contributed by atoms with Crippen molar-refractivity contribution in [1.82, 2.24) is 0 Å². The molecule has 0 aliphatic rings. The molecule has 0 heterocycles. The van der Waals surface area contributed by atoms with Gasteiger partial charge in [0.05, 0.1) is 0 Å². The van der Waals surface area contributed by atoms with E-state index >= 15 is 0 Å². The first-order valence-corrected chi connectivity index (χ1v) is 7.01. The predicted molar refractivity (Wildman–Crippen MR) is 89.1 cm³/mol. The summed E-state index contributed by atoms with van der Waals surface area (Å²) in [6, 6.07) is 25.4. The molecule has 0 aliphatic carbocycles. The van der Waals surface area contributed by atoms with Crippen LogP contribution in [0.1, 0.15) is 16.7 Å². The first-order chi connectivity index (χ1) is 10.8. The Labute approximate surface area is 130 Å². The van der Waals surface area contributed by atoms with Crippen LogP contribution < -0.4 is 0 Å². The van der Waals surface area contributed by atoms with Gasteiger partial charge in [-0.3, -0.25) is 4.79 Å². The van der Waals surface area contributed by atoms with E-state index in [2.05, 4.69) is 11.8 Å². The van der Waals surface area contributed by atoms with Crippen LogP contribution in [-0.4, -0.2) is 6.29 Å². The van der Waals surface area contributed by atoms with Crippen LogP contribution in [0.2, 0.25) is 0 Å². The number of carbonyl (C=O) groups excluding carboxylic acids is 1. The Bertz CT molecular complexity index is 817. The Kier molecular flexibility index (Phi) is 4.13. The fourth-order valence-corrected chi connectivity index (χ4v) is 2.14. The minimum absolute atomic E-state index is 0.564. The largest absolute Gasteiger partial charge is 0.285 e. The molecule has 0 fully saturated rings. The van der Waals surface area contributed by atoms with E-state index in [-0.39, 0.29) is 0 Å². The first-order valence-electron chi connectivity index (χ1n) is 7.01. The Balaban J connectivity index is 1.80. The summed E-state index contributed by atoms with van der Waals surface area (Å²) in [7, 11) is 0. The molecule has 0 bridgehead atoms. The number of benzene rings is 3. The third-order valence-corrected chi connectivity index (χ3v) is 3.35. The van der Waals surface area contributed by atoms with Gasteiger partial charge in [0, 0.05) is 16.7 Å². The second kappa shape index (κ2) is 6.56. The van der Waals surface area contributed by atoms with Gasteiger partial charge < -0.3 is 0 Å². The molecule has 0 aliphatic heterocycles. The van der Waals surface area contributed by atoms with Gasteiger partial charge in [-0.1, -0.05) is 66.4 Å². The summed E-state index contributed by atoms with van der Waals surface area (Å²) in [5.74, 6) is 6.30. The molecule has 1 heteroatoms. The van der Waals surface area contributed by atoms with Gasteiger partial charge in [0.2, 0.25) is 6.29 Å². The maximum atomic E-state index is 10.5. The molecular weight excluding hydrogens is 268 g/mol. The average Bonchev–Trinajstić information content (AvgIpc) is 2.61. The van der Waals surface area contributed by atoms with Crippen LogP contribution in [0, 0.1) is 11.8 Å². The summed E-state index contributed by atoms with van der Waals surface area (Å²) >= 11 is 0. The SMILES string of the molecule is O=[C]c1ccc(-c2ccc(C#Cc3ccccc3)cc2)cc1. The maximum absolute atomic E-state index is 10.5. The molecule has 3 rings (SSSR count). The third-order valence-electron chi connectivity index (χ3n) is 3.35. The molecule has 0 N–H and O–H groups in total. The molecule has 0 saturated heterocycles. The standard InChI is InChI=1S/C21H13O/c22-16-19-10-14-21(15-11-19)20-12-8-18(9-13-20)7-6-17-4-2-1-3-5-17/h1-5,8-15H. The second-order valence-corrected chi connectivity index (χ2v) is 4.87. The van der Waals surface area contributed by atoms with Crippen molar-refractivity contribution < 1.29 is 4.79 Å². The topological polar surface area (TPSA) is 17.1 Å². The molecule has 0 aromatic heterocycles. The van der Waals surface area contributed by atoms with Crippen molar-refractivity contribution >= 4 is 6.29 Å². The van der Waals surface area contributed by atoms with Gasteiger partial charge in [0.1, 0.15) is 0 Å². The summed E-state index contributed by atoms with van der Waals surface area (Å²) in [6.07, 6.45) is 1.88. The second-order valence-electron chi connectivity index (χ2n) is 4.87. The fraction of sp³-hybridized carbons (Fsp3) is 0. The van der Waals surface area contributed by atoms with Crippen LogP contribution >= 0.6 is 0 Å². The van der Waals surface area contributed by atoms with Gasteiger partial charge in [-0.05, 0) is 35.4 Å². The van der Waals surface area contributed by atoms with Crippen LogP contribution in [0.3, 0.4) is 0 Å². The van der Waals surface area contributed by atoms with Crippen LogP contribution in [0.4, 0.5) is 0 Å². The summed E-state index contributed by atoms with van der Waals surface area (Å²) < 4.78 is 0. The molecule has 3 aromatic carbocycles. The first kappa shape index (κ1) is 13.9. The molecule has 0 amide bonds. The minimum Gasteiger partial charge on any atom is -0.285 e. The van der Waals surface area contributed by atoms with E-state index in [1.54, 1.807) is 12.1 Å². The van der Waals surface area contributed by atoms with Crippen molar-refractivity contribution in [3.05, 3.63) is 95.6 Å². The lowest BCUT2D eigenvalue weighted by Gasteiger charge is -2.01. The van der Waals surface area contributed by atoms with E-state index in [0.717, 1.165) is 22.3 Å². The van der Waals surface area contributed by atoms with Gasteiger partial charge in [-0.15, -0.1) is 0 Å². The van der Waals surface area contributed by atoms with Crippen molar-refractivity contribution in [2.45, 2.75) is 0 Å². The van der Waals surface area contributed by atoms with Crippen molar-refractivity contribution in [2.24, 2.45) is 0 Å². The summed E-state index contributed by atoms with van der Waals surface area (Å²) in [5.41, 5.74) is 4.72. The van der Waals surface area contributed by atoms with Crippen molar-refractivity contribution in [3.8, 4) is 23.0 Å².